The number of fused-ring (bicyclic) bond motifs is 12. The molecule has 4 nitrogen and oxygen atoms in total. The highest BCUT2D eigenvalue weighted by atomic mass is 15.0. The number of benzene rings is 11. The lowest BCUT2D eigenvalue weighted by molar-refractivity contribution is 1.17. The van der Waals surface area contributed by atoms with E-state index in [-0.39, 0.29) is 0 Å². The standard InChI is InChI=1S/C66H42N4/c1-3-18-47(19-4-1)67-63-34-30-45(39-55(63)57-41-49(32-36-65(57)67)69-59-26-11-7-22-51(59)52-23-8-12-27-60(52)69)43-16-15-17-44(38-43)46-31-35-64-56(40-46)58-42-50(33-37-66(58)68(64)48-20-5-2-6-21-48)70-61-28-13-9-24-53(61)54-25-10-14-29-62(54)70/h1-42H. The van der Waals surface area contributed by atoms with Gasteiger partial charge < -0.3 is 18.3 Å². The Balaban J connectivity index is 0.897. The fourth-order valence-electron chi connectivity index (χ4n) is 11.7. The van der Waals surface area contributed by atoms with Crippen molar-refractivity contribution in [2.24, 2.45) is 0 Å². The zero-order valence-electron chi connectivity index (χ0n) is 38.0. The van der Waals surface area contributed by atoms with Crippen LogP contribution in [0.25, 0.3) is 132 Å². The van der Waals surface area contributed by atoms with E-state index in [1.165, 1.54) is 109 Å². The highest BCUT2D eigenvalue weighted by Gasteiger charge is 2.20. The lowest BCUT2D eigenvalue weighted by Crippen LogP contribution is -1.95. The molecule has 0 atom stereocenters. The second-order valence-corrected chi connectivity index (χ2v) is 18.5. The first-order valence-electron chi connectivity index (χ1n) is 24.1. The molecule has 0 saturated carbocycles. The van der Waals surface area contributed by atoms with Gasteiger partial charge in [0.25, 0.3) is 0 Å². The normalized spacial score (nSPS) is 12.0. The summed E-state index contributed by atoms with van der Waals surface area (Å²) < 4.78 is 9.66. The van der Waals surface area contributed by atoms with E-state index in [9.17, 15) is 0 Å². The van der Waals surface area contributed by atoms with E-state index in [1.807, 2.05) is 0 Å². The SMILES string of the molecule is c1ccc(-n2c3ccc(-c4cccc(-c5ccc6c(c5)c5cc(-n7c8ccccc8c8ccccc87)ccc5n6-c5ccccc5)c4)cc3c3cc(-n4c5ccccc5c5ccccc54)ccc32)cc1. The number of rotatable bonds is 6. The number of hydrogen-bond donors (Lipinski definition) is 0. The molecule has 0 saturated heterocycles. The summed E-state index contributed by atoms with van der Waals surface area (Å²) in [7, 11) is 0. The fraction of sp³-hybridized carbons (Fsp3) is 0. The van der Waals surface area contributed by atoms with E-state index >= 15 is 0 Å². The molecule has 4 heteroatoms. The average molecular weight is 891 g/mol. The Kier molecular flexibility index (Phi) is 8.33. The van der Waals surface area contributed by atoms with Crippen molar-refractivity contribution >= 4 is 87.2 Å². The number of nitrogens with zero attached hydrogens (tertiary/aromatic N) is 4. The van der Waals surface area contributed by atoms with Crippen molar-refractivity contribution in [1.29, 1.82) is 0 Å². The third-order valence-electron chi connectivity index (χ3n) is 14.7. The molecule has 0 fully saturated rings. The Labute approximate surface area is 403 Å². The molecule has 11 aromatic carbocycles. The quantitative estimate of drug-likeness (QED) is 0.158. The summed E-state index contributed by atoms with van der Waals surface area (Å²) in [5, 5.41) is 9.93. The molecule has 70 heavy (non-hydrogen) atoms. The molecule has 0 aliphatic rings. The van der Waals surface area contributed by atoms with Crippen LogP contribution in [0.15, 0.2) is 255 Å². The van der Waals surface area contributed by atoms with Crippen LogP contribution in [0.1, 0.15) is 0 Å². The van der Waals surface area contributed by atoms with Gasteiger partial charge in [0.1, 0.15) is 0 Å². The summed E-state index contributed by atoms with van der Waals surface area (Å²) >= 11 is 0. The summed E-state index contributed by atoms with van der Waals surface area (Å²) in [6.07, 6.45) is 0. The number of para-hydroxylation sites is 6. The Morgan fingerprint density at radius 2 is 0.443 bits per heavy atom. The largest absolute Gasteiger partial charge is 0.309 e. The van der Waals surface area contributed by atoms with E-state index in [1.54, 1.807) is 0 Å². The molecule has 0 aliphatic heterocycles. The van der Waals surface area contributed by atoms with E-state index in [0.29, 0.717) is 0 Å². The first-order chi connectivity index (χ1) is 34.7. The number of aromatic nitrogens is 4. The maximum Gasteiger partial charge on any atom is 0.0542 e. The summed E-state index contributed by atoms with van der Waals surface area (Å²) in [5.41, 5.74) is 18.9. The molecule has 4 heterocycles. The van der Waals surface area contributed by atoms with Crippen molar-refractivity contribution in [3.8, 4) is 45.0 Å². The Bertz CT molecular complexity index is 4180. The second kappa shape index (κ2) is 15.1. The van der Waals surface area contributed by atoms with Crippen molar-refractivity contribution in [2.45, 2.75) is 0 Å². The maximum atomic E-state index is 2.42. The Morgan fingerprint density at radius 3 is 0.829 bits per heavy atom. The van der Waals surface area contributed by atoms with Crippen molar-refractivity contribution in [2.75, 3.05) is 0 Å². The zero-order valence-corrected chi connectivity index (χ0v) is 38.0. The van der Waals surface area contributed by atoms with Crippen LogP contribution < -0.4 is 0 Å². The smallest absolute Gasteiger partial charge is 0.0542 e. The van der Waals surface area contributed by atoms with E-state index in [2.05, 4.69) is 273 Å². The predicted molar refractivity (Wildman–Crippen MR) is 295 cm³/mol. The van der Waals surface area contributed by atoms with Gasteiger partial charge in [0.05, 0.1) is 44.1 Å². The van der Waals surface area contributed by atoms with E-state index < -0.39 is 0 Å². The molecule has 0 spiro atoms. The van der Waals surface area contributed by atoms with Gasteiger partial charge in [-0.05, 0) is 138 Å². The average Bonchev–Trinajstić information content (AvgIpc) is 4.16. The first-order valence-corrected chi connectivity index (χ1v) is 24.1. The molecule has 0 N–H and O–H groups in total. The Hall–Kier alpha value is -9.38. The topological polar surface area (TPSA) is 19.7 Å². The highest BCUT2D eigenvalue weighted by molar-refractivity contribution is 6.15. The molecule has 4 aromatic heterocycles. The molecule has 0 unspecified atom stereocenters. The lowest BCUT2D eigenvalue weighted by atomic mass is 9.97. The Morgan fingerprint density at radius 1 is 0.157 bits per heavy atom. The lowest BCUT2D eigenvalue weighted by Gasteiger charge is -2.10. The second-order valence-electron chi connectivity index (χ2n) is 18.5. The van der Waals surface area contributed by atoms with Crippen LogP contribution in [-0.4, -0.2) is 18.3 Å². The minimum absolute atomic E-state index is 1.15. The van der Waals surface area contributed by atoms with Crippen molar-refractivity contribution in [1.82, 2.24) is 18.3 Å². The van der Waals surface area contributed by atoms with Gasteiger partial charge in [-0.2, -0.15) is 0 Å². The first kappa shape index (κ1) is 38.7. The van der Waals surface area contributed by atoms with Crippen LogP contribution in [-0.2, 0) is 0 Å². The molecular formula is C66H42N4. The van der Waals surface area contributed by atoms with Gasteiger partial charge >= 0.3 is 0 Å². The third kappa shape index (κ3) is 5.71. The minimum Gasteiger partial charge on any atom is -0.309 e. The molecule has 15 aromatic rings. The predicted octanol–water partition coefficient (Wildman–Crippen LogP) is 17.4. The van der Waals surface area contributed by atoms with Crippen LogP contribution in [0.2, 0.25) is 0 Å². The van der Waals surface area contributed by atoms with Crippen LogP contribution in [0, 0.1) is 0 Å². The monoisotopic (exact) mass is 890 g/mol. The molecule has 15 rings (SSSR count). The van der Waals surface area contributed by atoms with Crippen molar-refractivity contribution < 1.29 is 0 Å². The van der Waals surface area contributed by atoms with Gasteiger partial charge in [0.2, 0.25) is 0 Å². The maximum absolute atomic E-state index is 2.42. The molecule has 0 amide bonds. The fourth-order valence-corrected chi connectivity index (χ4v) is 11.7. The third-order valence-corrected chi connectivity index (χ3v) is 14.7. The molecule has 326 valence electrons. The zero-order chi connectivity index (χ0) is 45.9. The van der Waals surface area contributed by atoms with Gasteiger partial charge in [-0.1, -0.05) is 140 Å². The molecular weight excluding hydrogens is 849 g/mol. The molecule has 0 aliphatic carbocycles. The molecule has 0 radical (unpaired) electrons. The van der Waals surface area contributed by atoms with Crippen LogP contribution >= 0.6 is 0 Å². The van der Waals surface area contributed by atoms with Crippen LogP contribution in [0.5, 0.6) is 0 Å². The van der Waals surface area contributed by atoms with Crippen molar-refractivity contribution in [3.05, 3.63) is 255 Å². The van der Waals surface area contributed by atoms with Gasteiger partial charge in [-0.3, -0.25) is 0 Å². The van der Waals surface area contributed by atoms with Gasteiger partial charge in [-0.15, -0.1) is 0 Å². The van der Waals surface area contributed by atoms with Gasteiger partial charge in [-0.25, -0.2) is 0 Å². The van der Waals surface area contributed by atoms with E-state index in [0.717, 1.165) is 22.7 Å². The van der Waals surface area contributed by atoms with Gasteiger partial charge in [0.15, 0.2) is 0 Å². The summed E-state index contributed by atoms with van der Waals surface area (Å²) in [6, 6.07) is 93.5. The highest BCUT2D eigenvalue weighted by Crippen LogP contribution is 2.41. The van der Waals surface area contributed by atoms with Crippen LogP contribution in [0.3, 0.4) is 0 Å². The van der Waals surface area contributed by atoms with Gasteiger partial charge in [0, 0.05) is 65.8 Å². The van der Waals surface area contributed by atoms with Crippen LogP contribution in [0.4, 0.5) is 0 Å². The van der Waals surface area contributed by atoms with E-state index in [4.69, 9.17) is 0 Å². The molecule has 0 bridgehead atoms. The summed E-state index contributed by atoms with van der Waals surface area (Å²) in [5.74, 6) is 0. The number of hydrogen-bond acceptors (Lipinski definition) is 0. The van der Waals surface area contributed by atoms with Crippen molar-refractivity contribution in [3.63, 3.8) is 0 Å². The summed E-state index contributed by atoms with van der Waals surface area (Å²) in [4.78, 5) is 0. The summed E-state index contributed by atoms with van der Waals surface area (Å²) in [6.45, 7) is 0. The minimum atomic E-state index is 1.15.